The molecular weight excluding hydrogens is 368 g/mol. The van der Waals surface area contributed by atoms with E-state index in [2.05, 4.69) is 75.6 Å². The highest BCUT2D eigenvalue weighted by Crippen LogP contribution is 2.44. The highest BCUT2D eigenvalue weighted by molar-refractivity contribution is 7.13. The number of aldehydes is 1. The van der Waals surface area contributed by atoms with E-state index in [9.17, 15) is 4.79 Å². The molecule has 0 saturated heterocycles. The van der Waals surface area contributed by atoms with Crippen LogP contribution in [-0.4, -0.2) is 14.6 Å². The topological polar surface area (TPSA) is 26.3 Å². The Balaban J connectivity index is 2.34. The molecule has 0 aliphatic carbocycles. The molecule has 0 saturated carbocycles. The lowest BCUT2D eigenvalue weighted by atomic mass is 9.98. The third-order valence-corrected chi connectivity index (χ3v) is 10.6. The van der Waals surface area contributed by atoms with Crippen molar-refractivity contribution in [2.45, 2.75) is 38.9 Å². The molecular formula is C23H26O2SSi. The van der Waals surface area contributed by atoms with Crippen LogP contribution in [0.3, 0.4) is 0 Å². The van der Waals surface area contributed by atoms with Crippen LogP contribution in [0, 0.1) is 0 Å². The van der Waals surface area contributed by atoms with Gasteiger partial charge in [0.25, 0.3) is 8.32 Å². The summed E-state index contributed by atoms with van der Waals surface area (Å²) in [5.74, 6) is 0.890. The average molecular weight is 395 g/mol. The summed E-state index contributed by atoms with van der Waals surface area (Å²) in [5.41, 5.74) is 2.09. The van der Waals surface area contributed by atoms with Crippen molar-refractivity contribution in [1.29, 1.82) is 0 Å². The van der Waals surface area contributed by atoms with Gasteiger partial charge >= 0.3 is 0 Å². The lowest BCUT2D eigenvalue weighted by molar-refractivity contribution is -0.104. The molecule has 1 heterocycles. The highest BCUT2D eigenvalue weighted by atomic mass is 32.1. The summed E-state index contributed by atoms with van der Waals surface area (Å²) >= 11 is 1.70. The molecule has 0 fully saturated rings. The summed E-state index contributed by atoms with van der Waals surface area (Å²) in [5, 5.41) is 4.40. The molecule has 0 unspecified atom stereocenters. The van der Waals surface area contributed by atoms with Gasteiger partial charge in [-0.1, -0.05) is 51.1 Å². The number of hydrogen-bond donors (Lipinski definition) is 0. The summed E-state index contributed by atoms with van der Waals surface area (Å²) in [7, 11) is -2.06. The first-order valence-corrected chi connectivity index (χ1v) is 12.9. The fourth-order valence-electron chi connectivity index (χ4n) is 2.79. The summed E-state index contributed by atoms with van der Waals surface area (Å²) < 4.78 is 6.82. The van der Waals surface area contributed by atoms with Crippen LogP contribution in [0.25, 0.3) is 27.3 Å². The summed E-state index contributed by atoms with van der Waals surface area (Å²) in [6.45, 7) is 11.2. The number of rotatable bonds is 5. The van der Waals surface area contributed by atoms with E-state index in [1.54, 1.807) is 17.4 Å². The van der Waals surface area contributed by atoms with Gasteiger partial charge in [-0.2, -0.15) is 0 Å². The van der Waals surface area contributed by atoms with Gasteiger partial charge in [-0.25, -0.2) is 0 Å². The number of carbonyl (C=O) groups is 1. The zero-order chi connectivity index (χ0) is 19.7. The molecule has 0 N–H and O–H groups in total. The number of thiophene rings is 1. The summed E-state index contributed by atoms with van der Waals surface area (Å²) in [4.78, 5) is 12.3. The minimum Gasteiger partial charge on any atom is -0.543 e. The Bertz CT molecular complexity index is 980. The van der Waals surface area contributed by atoms with Crippen LogP contribution in [0.15, 0.2) is 53.9 Å². The van der Waals surface area contributed by atoms with Gasteiger partial charge in [-0.05, 0) is 53.2 Å². The fourth-order valence-corrected chi connectivity index (χ4v) is 4.58. The van der Waals surface area contributed by atoms with Crippen LogP contribution >= 0.6 is 11.3 Å². The second kappa shape index (κ2) is 7.45. The quantitative estimate of drug-likeness (QED) is 0.260. The molecule has 2 aromatic carbocycles. The van der Waals surface area contributed by atoms with Crippen molar-refractivity contribution in [2.75, 3.05) is 0 Å². The third kappa shape index (κ3) is 3.92. The van der Waals surface area contributed by atoms with Crippen molar-refractivity contribution >= 4 is 42.8 Å². The Morgan fingerprint density at radius 1 is 1.07 bits per heavy atom. The van der Waals surface area contributed by atoms with E-state index in [0.29, 0.717) is 0 Å². The molecule has 0 amide bonds. The lowest BCUT2D eigenvalue weighted by Crippen LogP contribution is -2.44. The number of benzene rings is 2. The normalized spacial score (nSPS) is 12.6. The Labute approximate surface area is 166 Å². The summed E-state index contributed by atoms with van der Waals surface area (Å²) in [6, 6.07) is 14.7. The number of carbonyl (C=O) groups excluding carboxylic acids is 1. The second-order valence-corrected chi connectivity index (χ2v) is 13.9. The van der Waals surface area contributed by atoms with Crippen LogP contribution < -0.4 is 4.43 Å². The molecule has 0 aliphatic rings. The molecule has 2 nitrogen and oxygen atoms in total. The maximum Gasteiger partial charge on any atom is 0.250 e. The highest BCUT2D eigenvalue weighted by Gasteiger charge is 2.39. The monoisotopic (exact) mass is 394 g/mol. The van der Waals surface area contributed by atoms with Gasteiger partial charge < -0.3 is 4.43 Å². The molecule has 3 rings (SSSR count). The molecule has 0 atom stereocenters. The zero-order valence-corrected chi connectivity index (χ0v) is 18.4. The largest absolute Gasteiger partial charge is 0.543 e. The molecule has 0 bridgehead atoms. The van der Waals surface area contributed by atoms with E-state index >= 15 is 0 Å². The Kier molecular flexibility index (Phi) is 5.40. The van der Waals surface area contributed by atoms with Gasteiger partial charge in [-0.3, -0.25) is 4.79 Å². The maximum atomic E-state index is 11.1. The van der Waals surface area contributed by atoms with Crippen molar-refractivity contribution in [3.8, 4) is 16.2 Å². The van der Waals surface area contributed by atoms with Crippen LogP contribution in [0.1, 0.15) is 26.3 Å². The van der Waals surface area contributed by atoms with Gasteiger partial charge in [0.05, 0.1) is 0 Å². The fraction of sp³-hybridized carbons (Fsp3) is 0.261. The van der Waals surface area contributed by atoms with E-state index in [4.69, 9.17) is 4.43 Å². The van der Waals surface area contributed by atoms with Crippen molar-refractivity contribution in [3.63, 3.8) is 0 Å². The molecule has 0 spiro atoms. The standard InChI is InChI=1S/C23H26O2SSi/c1-23(2,3)27(4,5)25-22-18-11-7-6-10-17(18)16-20(19(22)12-8-14-24)21-13-9-15-26-21/h6-16H,1-5H3/b12-8-. The van der Waals surface area contributed by atoms with Gasteiger partial charge in [0, 0.05) is 21.4 Å². The molecule has 27 heavy (non-hydrogen) atoms. The van der Waals surface area contributed by atoms with Gasteiger partial charge in [0.1, 0.15) is 12.0 Å². The smallest absolute Gasteiger partial charge is 0.250 e. The molecule has 0 radical (unpaired) electrons. The SMILES string of the molecule is CC(C)(C)[Si](C)(C)Oc1c(/C=C\C=O)c(-c2cccs2)cc2ccccc12. The van der Waals surface area contributed by atoms with Crippen LogP contribution in [-0.2, 0) is 4.79 Å². The molecule has 140 valence electrons. The van der Waals surface area contributed by atoms with Crippen molar-refractivity contribution in [2.24, 2.45) is 0 Å². The van der Waals surface area contributed by atoms with Gasteiger partial charge in [0.2, 0.25) is 0 Å². The lowest BCUT2D eigenvalue weighted by Gasteiger charge is -2.37. The molecule has 3 aromatic rings. The first-order valence-electron chi connectivity index (χ1n) is 9.15. The Morgan fingerprint density at radius 3 is 2.44 bits per heavy atom. The first-order chi connectivity index (χ1) is 12.7. The van der Waals surface area contributed by atoms with E-state index < -0.39 is 8.32 Å². The predicted molar refractivity (Wildman–Crippen MR) is 120 cm³/mol. The van der Waals surface area contributed by atoms with E-state index in [-0.39, 0.29) is 5.04 Å². The zero-order valence-electron chi connectivity index (χ0n) is 16.6. The first kappa shape index (κ1) is 19.6. The van der Waals surface area contributed by atoms with Crippen LogP contribution in [0.4, 0.5) is 0 Å². The molecule has 4 heteroatoms. The average Bonchev–Trinajstić information content (AvgIpc) is 3.13. The van der Waals surface area contributed by atoms with E-state index in [1.807, 2.05) is 12.1 Å². The van der Waals surface area contributed by atoms with E-state index in [1.165, 1.54) is 4.88 Å². The minimum atomic E-state index is -2.06. The van der Waals surface area contributed by atoms with Crippen molar-refractivity contribution in [1.82, 2.24) is 0 Å². The predicted octanol–water partition coefficient (Wildman–Crippen LogP) is 7.16. The van der Waals surface area contributed by atoms with Gasteiger partial charge in [0.15, 0.2) is 0 Å². The van der Waals surface area contributed by atoms with Crippen LogP contribution in [0.2, 0.25) is 18.1 Å². The summed E-state index contributed by atoms with van der Waals surface area (Å²) in [6.07, 6.45) is 4.26. The molecule has 0 aliphatic heterocycles. The number of allylic oxidation sites excluding steroid dienone is 1. The third-order valence-electron chi connectivity index (χ3n) is 5.33. The van der Waals surface area contributed by atoms with Crippen LogP contribution in [0.5, 0.6) is 5.75 Å². The number of hydrogen-bond acceptors (Lipinski definition) is 3. The van der Waals surface area contributed by atoms with E-state index in [0.717, 1.165) is 33.9 Å². The Hall–Kier alpha value is -2.17. The maximum absolute atomic E-state index is 11.1. The second-order valence-electron chi connectivity index (χ2n) is 8.22. The molecule has 1 aromatic heterocycles. The van der Waals surface area contributed by atoms with Gasteiger partial charge in [-0.15, -0.1) is 11.3 Å². The van der Waals surface area contributed by atoms with Crippen molar-refractivity contribution < 1.29 is 9.22 Å². The number of fused-ring (bicyclic) bond motifs is 1. The Morgan fingerprint density at radius 2 is 1.81 bits per heavy atom. The van der Waals surface area contributed by atoms with Crippen molar-refractivity contribution in [3.05, 3.63) is 59.5 Å². The minimum absolute atomic E-state index is 0.0820.